The zero-order valence-corrected chi connectivity index (χ0v) is 29.3. The maximum atomic E-state index is 4.87. The molecule has 11 aromatic rings. The van der Waals surface area contributed by atoms with E-state index in [2.05, 4.69) is 172 Å². The van der Waals surface area contributed by atoms with Gasteiger partial charge in [-0.2, -0.15) is 41.5 Å². The summed E-state index contributed by atoms with van der Waals surface area (Å²) in [6.45, 7) is 0. The van der Waals surface area contributed by atoms with Crippen molar-refractivity contribution in [2.75, 3.05) is 0 Å². The van der Waals surface area contributed by atoms with E-state index in [9.17, 15) is 0 Å². The molecule has 0 bridgehead atoms. The third-order valence-electron chi connectivity index (χ3n) is 9.96. The molecule has 0 aliphatic carbocycles. The number of nitrogens with zero attached hydrogens (tertiary/aromatic N) is 5. The van der Waals surface area contributed by atoms with E-state index in [1.54, 1.807) is 0 Å². The first-order valence-corrected chi connectivity index (χ1v) is 16.7. The smallest absolute Gasteiger partial charge is 0.0847 e. The molecule has 0 spiro atoms. The Labute approximate surface area is 307 Å². The number of benzene rings is 7. The molecule has 7 aromatic carbocycles. The number of rotatable bonds is 4. The van der Waals surface area contributed by atoms with Gasteiger partial charge in [-0.1, -0.05) is 95.2 Å². The van der Waals surface area contributed by atoms with E-state index in [-0.39, 0.29) is 21.1 Å². The molecule has 0 N–H and O–H groups in total. The standard InChI is InChI=1S/C45H26N5.Pt/c1-2-12-30(13-3-1)48-40-18-8-6-16-36(40)39-25-23-32(27-45(39)48)49-41-19-9-7-17-37(41)38-24-22-31(26-44(38)49)47-29-33(28-46-47)50-42-20-10-4-14-34(42)35-15-5-11-21-43(35)50;/h1-12,14-25,28-29H;/q-3;. The average molecular weight is 832 g/mol. The third kappa shape index (κ3) is 4.35. The Morgan fingerprint density at radius 3 is 1.45 bits per heavy atom. The summed E-state index contributed by atoms with van der Waals surface area (Å²) in [6.07, 6.45) is 4.03. The van der Waals surface area contributed by atoms with Crippen molar-refractivity contribution in [1.29, 1.82) is 0 Å². The fourth-order valence-electron chi connectivity index (χ4n) is 7.81. The minimum Gasteiger partial charge on any atom is -0.358 e. The van der Waals surface area contributed by atoms with Crippen molar-refractivity contribution < 1.29 is 21.1 Å². The number of aromatic nitrogens is 5. The molecule has 244 valence electrons. The van der Waals surface area contributed by atoms with Crippen LogP contribution in [-0.2, 0) is 21.1 Å². The molecule has 4 heterocycles. The SMILES string of the molecule is [Pt].[c-]1ccccc1-n1c2[c-]c(-n3c4[c-]c(-n5cc(-n6c7ccccc7c7ccccc76)cn5)ccc4c4ccccc43)ccc2c2ccccc21. The minimum atomic E-state index is 0. The van der Waals surface area contributed by atoms with Gasteiger partial charge in [-0.25, -0.2) is 0 Å². The van der Waals surface area contributed by atoms with Crippen molar-refractivity contribution >= 4 is 65.4 Å². The molecule has 6 heteroatoms. The van der Waals surface area contributed by atoms with Gasteiger partial charge in [0.15, 0.2) is 0 Å². The van der Waals surface area contributed by atoms with E-state index in [1.807, 2.05) is 23.0 Å². The van der Waals surface area contributed by atoms with Gasteiger partial charge in [0.1, 0.15) is 0 Å². The minimum absolute atomic E-state index is 0. The van der Waals surface area contributed by atoms with E-state index < -0.39 is 0 Å². The Balaban J connectivity index is 0.00000327. The van der Waals surface area contributed by atoms with Crippen molar-refractivity contribution in [2.24, 2.45) is 0 Å². The summed E-state index contributed by atoms with van der Waals surface area (Å²) in [5.41, 5.74) is 10.3. The Kier molecular flexibility index (Phi) is 6.67. The van der Waals surface area contributed by atoms with E-state index in [0.29, 0.717) is 0 Å². The Bertz CT molecular complexity index is 3050. The van der Waals surface area contributed by atoms with Gasteiger partial charge in [0.25, 0.3) is 0 Å². The number of hydrogen-bond acceptors (Lipinski definition) is 1. The molecule has 4 aromatic heterocycles. The Morgan fingerprint density at radius 2 is 0.882 bits per heavy atom. The van der Waals surface area contributed by atoms with Gasteiger partial charge in [-0.3, -0.25) is 4.68 Å². The molecule has 0 fully saturated rings. The number of fused-ring (bicyclic) bond motifs is 9. The van der Waals surface area contributed by atoms with Crippen molar-refractivity contribution in [3.8, 4) is 22.7 Å². The molecular weight excluding hydrogens is 806 g/mol. The first-order chi connectivity index (χ1) is 24.8. The maximum absolute atomic E-state index is 4.87. The molecule has 51 heavy (non-hydrogen) atoms. The van der Waals surface area contributed by atoms with Gasteiger partial charge in [0.05, 0.1) is 29.1 Å². The second-order valence-corrected chi connectivity index (χ2v) is 12.7. The summed E-state index contributed by atoms with van der Waals surface area (Å²) in [5, 5.41) is 12.0. The van der Waals surface area contributed by atoms with Gasteiger partial charge in [0, 0.05) is 42.9 Å². The van der Waals surface area contributed by atoms with Crippen molar-refractivity contribution in [3.63, 3.8) is 0 Å². The number of hydrogen-bond donors (Lipinski definition) is 0. The summed E-state index contributed by atoms with van der Waals surface area (Å²) in [5.74, 6) is 0. The van der Waals surface area contributed by atoms with Crippen molar-refractivity contribution in [1.82, 2.24) is 23.5 Å². The van der Waals surface area contributed by atoms with Crippen LogP contribution >= 0.6 is 0 Å². The fraction of sp³-hybridized carbons (Fsp3) is 0. The maximum Gasteiger partial charge on any atom is 0.0847 e. The van der Waals surface area contributed by atoms with Gasteiger partial charge in [-0.05, 0) is 40.7 Å². The number of para-hydroxylation sites is 5. The largest absolute Gasteiger partial charge is 0.358 e. The molecule has 11 rings (SSSR count). The monoisotopic (exact) mass is 831 g/mol. The summed E-state index contributed by atoms with van der Waals surface area (Å²) < 4.78 is 8.76. The fourth-order valence-corrected chi connectivity index (χ4v) is 7.81. The van der Waals surface area contributed by atoms with Crippen LogP contribution in [0.3, 0.4) is 0 Å². The summed E-state index contributed by atoms with van der Waals surface area (Å²) >= 11 is 0. The van der Waals surface area contributed by atoms with Crippen molar-refractivity contribution in [2.45, 2.75) is 0 Å². The predicted octanol–water partition coefficient (Wildman–Crippen LogP) is 10.6. The molecule has 0 saturated carbocycles. The van der Waals surface area contributed by atoms with E-state index >= 15 is 0 Å². The molecular formula is C45H26N5Pt-3. The van der Waals surface area contributed by atoms with Crippen molar-refractivity contribution in [3.05, 3.63) is 176 Å². The van der Waals surface area contributed by atoms with Crippen LogP contribution in [0.1, 0.15) is 0 Å². The van der Waals surface area contributed by atoms with Gasteiger partial charge in [0.2, 0.25) is 0 Å². The van der Waals surface area contributed by atoms with Crippen LogP contribution in [0.15, 0.2) is 158 Å². The van der Waals surface area contributed by atoms with Crippen LogP contribution in [-0.4, -0.2) is 23.5 Å². The van der Waals surface area contributed by atoms with Gasteiger partial charge in [-0.15, -0.1) is 41.1 Å². The van der Waals surface area contributed by atoms with E-state index in [4.69, 9.17) is 5.10 Å². The first kappa shape index (κ1) is 29.7. The van der Waals surface area contributed by atoms with Gasteiger partial charge >= 0.3 is 0 Å². The first-order valence-electron chi connectivity index (χ1n) is 16.7. The zero-order valence-electron chi connectivity index (χ0n) is 27.1. The average Bonchev–Trinajstić information content (AvgIpc) is 3.94. The molecule has 0 aliphatic rings. The van der Waals surface area contributed by atoms with Crippen LogP contribution < -0.4 is 0 Å². The second-order valence-electron chi connectivity index (χ2n) is 12.7. The topological polar surface area (TPSA) is 32.6 Å². The molecule has 0 amide bonds. The summed E-state index contributed by atoms with van der Waals surface area (Å²) in [7, 11) is 0. The van der Waals surface area contributed by atoms with E-state index in [0.717, 1.165) is 66.6 Å². The predicted molar refractivity (Wildman–Crippen MR) is 203 cm³/mol. The summed E-state index contributed by atoms with van der Waals surface area (Å²) in [4.78, 5) is 0. The van der Waals surface area contributed by atoms with Crippen LogP contribution in [0.4, 0.5) is 0 Å². The Hall–Kier alpha value is -6.16. The summed E-state index contributed by atoms with van der Waals surface area (Å²) in [6, 6.07) is 62.1. The van der Waals surface area contributed by atoms with E-state index in [1.165, 1.54) is 21.5 Å². The third-order valence-corrected chi connectivity index (χ3v) is 9.96. The Morgan fingerprint density at radius 1 is 0.412 bits per heavy atom. The molecule has 0 saturated heterocycles. The van der Waals surface area contributed by atoms with Crippen LogP contribution in [0, 0.1) is 18.2 Å². The normalized spacial score (nSPS) is 11.8. The molecule has 0 aliphatic heterocycles. The second kappa shape index (κ2) is 11.4. The molecule has 5 nitrogen and oxygen atoms in total. The quantitative estimate of drug-likeness (QED) is 0.163. The molecule has 0 unspecified atom stereocenters. The van der Waals surface area contributed by atoms with Gasteiger partial charge < -0.3 is 13.7 Å². The van der Waals surface area contributed by atoms with Crippen LogP contribution in [0.25, 0.3) is 88.2 Å². The zero-order chi connectivity index (χ0) is 32.8. The van der Waals surface area contributed by atoms with Crippen LogP contribution in [0.5, 0.6) is 0 Å². The molecule has 0 radical (unpaired) electrons. The molecule has 0 atom stereocenters. The van der Waals surface area contributed by atoms with Crippen LogP contribution in [0.2, 0.25) is 0 Å².